The van der Waals surface area contributed by atoms with Crippen LogP contribution in [0.2, 0.25) is 0 Å². The molecule has 0 radical (unpaired) electrons. The zero-order valence-electron chi connectivity index (χ0n) is 10.2. The van der Waals surface area contributed by atoms with Gasteiger partial charge in [0.05, 0.1) is 0 Å². The van der Waals surface area contributed by atoms with Crippen LogP contribution in [-0.2, 0) is 0 Å². The minimum absolute atomic E-state index is 0.0493. The van der Waals surface area contributed by atoms with E-state index in [0.29, 0.717) is 29.9 Å². The average Bonchev–Trinajstić information content (AvgIpc) is 2.71. The van der Waals surface area contributed by atoms with Gasteiger partial charge >= 0.3 is 0 Å². The minimum Gasteiger partial charge on any atom is -0.454 e. The fourth-order valence-electron chi connectivity index (χ4n) is 1.84. The number of ketones is 1. The molecule has 1 heterocycles. The van der Waals surface area contributed by atoms with Gasteiger partial charge in [0.25, 0.3) is 0 Å². The highest BCUT2D eigenvalue weighted by Gasteiger charge is 2.18. The first kappa shape index (κ1) is 11.9. The monoisotopic (exact) mass is 235 g/mol. The highest BCUT2D eigenvalue weighted by Crippen LogP contribution is 2.35. The molecule has 2 N–H and O–H groups in total. The van der Waals surface area contributed by atoms with Crippen LogP contribution in [0.5, 0.6) is 11.5 Å². The van der Waals surface area contributed by atoms with Crippen LogP contribution in [0.4, 0.5) is 0 Å². The molecule has 92 valence electrons. The van der Waals surface area contributed by atoms with Gasteiger partial charge in [0.2, 0.25) is 6.79 Å². The summed E-state index contributed by atoms with van der Waals surface area (Å²) in [6, 6.07) is 3.66. The van der Waals surface area contributed by atoms with Crippen molar-refractivity contribution in [3.05, 3.63) is 23.3 Å². The summed E-state index contributed by atoms with van der Waals surface area (Å²) >= 11 is 0. The minimum atomic E-state index is 0.0493. The molecule has 0 bridgehead atoms. The van der Waals surface area contributed by atoms with Crippen molar-refractivity contribution in [1.82, 2.24) is 0 Å². The Morgan fingerprint density at radius 3 is 2.71 bits per heavy atom. The summed E-state index contributed by atoms with van der Waals surface area (Å²) in [7, 11) is 0. The summed E-state index contributed by atoms with van der Waals surface area (Å²) in [4.78, 5) is 12.0. The van der Waals surface area contributed by atoms with E-state index < -0.39 is 0 Å². The number of carbonyl (C=O) groups excluding carboxylic acids is 1. The molecule has 17 heavy (non-hydrogen) atoms. The lowest BCUT2D eigenvalue weighted by molar-refractivity contribution is 0.0977. The van der Waals surface area contributed by atoms with E-state index in [1.165, 1.54) is 0 Å². The molecule has 1 atom stereocenters. The van der Waals surface area contributed by atoms with Gasteiger partial charge < -0.3 is 15.2 Å². The lowest BCUT2D eigenvalue weighted by Gasteiger charge is -2.08. The largest absolute Gasteiger partial charge is 0.454 e. The zero-order chi connectivity index (χ0) is 12.4. The van der Waals surface area contributed by atoms with Gasteiger partial charge in [0.1, 0.15) is 0 Å². The highest BCUT2D eigenvalue weighted by atomic mass is 16.7. The molecule has 2 rings (SSSR count). The molecule has 1 aliphatic heterocycles. The number of Topliss-reactive ketones (excluding diaryl/α,β-unsaturated/α-hetero) is 1. The Labute approximate surface area is 101 Å². The summed E-state index contributed by atoms with van der Waals surface area (Å²) < 4.78 is 10.5. The molecule has 0 amide bonds. The van der Waals surface area contributed by atoms with Crippen LogP contribution in [0.3, 0.4) is 0 Å². The van der Waals surface area contributed by atoms with Crippen molar-refractivity contribution in [1.29, 1.82) is 0 Å². The van der Waals surface area contributed by atoms with E-state index in [1.54, 1.807) is 6.07 Å². The lowest BCUT2D eigenvalue weighted by atomic mass is 9.99. The third-order valence-corrected chi connectivity index (χ3v) is 2.85. The number of ether oxygens (including phenoxy) is 2. The van der Waals surface area contributed by atoms with E-state index >= 15 is 0 Å². The first-order valence-corrected chi connectivity index (χ1v) is 5.77. The summed E-state index contributed by atoms with van der Waals surface area (Å²) in [6.07, 6.45) is 1.17. The number of hydrogen-bond acceptors (Lipinski definition) is 4. The quantitative estimate of drug-likeness (QED) is 0.811. The van der Waals surface area contributed by atoms with Gasteiger partial charge in [-0.05, 0) is 38.0 Å². The van der Waals surface area contributed by atoms with Crippen LogP contribution < -0.4 is 15.2 Å². The van der Waals surface area contributed by atoms with E-state index in [9.17, 15) is 4.79 Å². The molecule has 1 aromatic carbocycles. The standard InChI is InChI=1S/C13H17NO3/c1-8-5-12-13(17-7-16-12)6-10(8)11(15)4-3-9(2)14/h5-6,9H,3-4,7,14H2,1-2H3. The van der Waals surface area contributed by atoms with Gasteiger partial charge in [0, 0.05) is 18.0 Å². The maximum Gasteiger partial charge on any atom is 0.231 e. The summed E-state index contributed by atoms with van der Waals surface area (Å²) in [6.45, 7) is 4.03. The Morgan fingerprint density at radius 2 is 2.06 bits per heavy atom. The van der Waals surface area contributed by atoms with Crippen LogP contribution in [0.25, 0.3) is 0 Å². The fraction of sp³-hybridized carbons (Fsp3) is 0.462. The zero-order valence-corrected chi connectivity index (χ0v) is 10.2. The van der Waals surface area contributed by atoms with Crippen LogP contribution in [0.15, 0.2) is 12.1 Å². The third kappa shape index (κ3) is 2.58. The van der Waals surface area contributed by atoms with Crippen molar-refractivity contribution < 1.29 is 14.3 Å². The van der Waals surface area contributed by atoms with E-state index in [-0.39, 0.29) is 18.6 Å². The number of carbonyl (C=O) groups is 1. The van der Waals surface area contributed by atoms with Crippen molar-refractivity contribution in [3.8, 4) is 11.5 Å². The Balaban J connectivity index is 2.18. The summed E-state index contributed by atoms with van der Waals surface area (Å²) in [5.74, 6) is 1.48. The maximum atomic E-state index is 12.0. The second-order valence-corrected chi connectivity index (χ2v) is 4.46. The van der Waals surface area contributed by atoms with E-state index in [1.807, 2.05) is 19.9 Å². The van der Waals surface area contributed by atoms with Crippen molar-refractivity contribution in [2.45, 2.75) is 32.7 Å². The van der Waals surface area contributed by atoms with E-state index in [2.05, 4.69) is 0 Å². The Bertz CT molecular complexity index is 441. The van der Waals surface area contributed by atoms with E-state index in [4.69, 9.17) is 15.2 Å². The number of rotatable bonds is 4. The predicted molar refractivity (Wildman–Crippen MR) is 64.5 cm³/mol. The van der Waals surface area contributed by atoms with Gasteiger partial charge in [-0.25, -0.2) is 0 Å². The Morgan fingerprint density at radius 1 is 1.41 bits per heavy atom. The molecular formula is C13H17NO3. The van der Waals surface area contributed by atoms with Gasteiger partial charge in [-0.15, -0.1) is 0 Å². The van der Waals surface area contributed by atoms with Crippen LogP contribution in [0.1, 0.15) is 35.7 Å². The SMILES string of the molecule is Cc1cc2c(cc1C(=O)CCC(C)N)OCO2. The number of fused-ring (bicyclic) bond motifs is 1. The number of hydrogen-bond donors (Lipinski definition) is 1. The van der Waals surface area contributed by atoms with Crippen molar-refractivity contribution >= 4 is 5.78 Å². The van der Waals surface area contributed by atoms with Crippen molar-refractivity contribution in [2.24, 2.45) is 5.73 Å². The lowest BCUT2D eigenvalue weighted by Crippen LogP contribution is -2.16. The molecule has 0 aromatic heterocycles. The molecule has 1 aliphatic rings. The van der Waals surface area contributed by atoms with Crippen LogP contribution in [0, 0.1) is 6.92 Å². The number of nitrogens with two attached hydrogens (primary N) is 1. The maximum absolute atomic E-state index is 12.0. The molecule has 0 fully saturated rings. The number of aryl methyl sites for hydroxylation is 1. The fourth-order valence-corrected chi connectivity index (χ4v) is 1.84. The predicted octanol–water partition coefficient (Wildman–Crippen LogP) is 2.03. The molecule has 4 heteroatoms. The second kappa shape index (κ2) is 4.75. The van der Waals surface area contributed by atoms with Crippen LogP contribution in [-0.4, -0.2) is 18.6 Å². The smallest absolute Gasteiger partial charge is 0.231 e. The first-order valence-electron chi connectivity index (χ1n) is 5.77. The van der Waals surface area contributed by atoms with Crippen molar-refractivity contribution in [3.63, 3.8) is 0 Å². The summed E-state index contributed by atoms with van der Waals surface area (Å²) in [5, 5.41) is 0. The normalized spacial score (nSPS) is 14.8. The topological polar surface area (TPSA) is 61.6 Å². The molecule has 1 unspecified atom stereocenters. The molecule has 1 aromatic rings. The average molecular weight is 235 g/mol. The third-order valence-electron chi connectivity index (χ3n) is 2.85. The Hall–Kier alpha value is -1.55. The molecule has 0 spiro atoms. The van der Waals surface area contributed by atoms with E-state index in [0.717, 1.165) is 5.56 Å². The van der Waals surface area contributed by atoms with Gasteiger partial charge in [-0.3, -0.25) is 4.79 Å². The first-order chi connectivity index (χ1) is 8.08. The van der Waals surface area contributed by atoms with Crippen molar-refractivity contribution in [2.75, 3.05) is 6.79 Å². The van der Waals surface area contributed by atoms with Gasteiger partial charge in [-0.1, -0.05) is 0 Å². The molecule has 0 saturated carbocycles. The molecule has 4 nitrogen and oxygen atoms in total. The number of benzene rings is 1. The van der Waals surface area contributed by atoms with Gasteiger partial charge in [0.15, 0.2) is 17.3 Å². The molecule has 0 saturated heterocycles. The summed E-state index contributed by atoms with van der Waals surface area (Å²) in [5.41, 5.74) is 7.27. The second-order valence-electron chi connectivity index (χ2n) is 4.46. The van der Waals surface area contributed by atoms with Crippen LogP contribution >= 0.6 is 0 Å². The Kier molecular flexibility index (Phi) is 3.33. The highest BCUT2D eigenvalue weighted by molar-refractivity contribution is 5.98. The molecule has 0 aliphatic carbocycles. The molecular weight excluding hydrogens is 218 g/mol. The van der Waals surface area contributed by atoms with Gasteiger partial charge in [-0.2, -0.15) is 0 Å².